The van der Waals surface area contributed by atoms with E-state index in [9.17, 15) is 0 Å². The second kappa shape index (κ2) is 29.0. The zero-order chi connectivity index (χ0) is 33.1. The third-order valence-corrected chi connectivity index (χ3v) is 17.3. The van der Waals surface area contributed by atoms with E-state index in [1.807, 2.05) is 69.2 Å². The van der Waals surface area contributed by atoms with E-state index < -0.39 is 36.7 Å². The summed E-state index contributed by atoms with van der Waals surface area (Å²) in [5, 5.41) is 0. The Kier molecular flexibility index (Phi) is 29.8. The van der Waals surface area contributed by atoms with Crippen molar-refractivity contribution in [2.45, 2.75) is 93.5 Å². The van der Waals surface area contributed by atoms with Gasteiger partial charge in [0, 0.05) is 77.6 Å². The quantitative estimate of drug-likeness (QED) is 0.0499. The summed E-state index contributed by atoms with van der Waals surface area (Å²) in [7, 11) is -6.76. The Labute approximate surface area is 281 Å². The van der Waals surface area contributed by atoms with Gasteiger partial charge in [0.2, 0.25) is 0 Å². The maximum atomic E-state index is 6.54. The van der Waals surface area contributed by atoms with Gasteiger partial charge in [-0.15, -0.1) is 0 Å². The van der Waals surface area contributed by atoms with Crippen LogP contribution >= 0.6 is 21.6 Å². The summed E-state index contributed by atoms with van der Waals surface area (Å²) in [5.74, 6) is 1.60. The molecular formula is C26H60O12S2Si4. The fourth-order valence-electron chi connectivity index (χ4n) is 3.77. The van der Waals surface area contributed by atoms with Gasteiger partial charge in [-0.2, -0.15) is 0 Å². The zero-order valence-electron chi connectivity index (χ0n) is 28.8. The molecule has 0 saturated heterocycles. The normalized spacial score (nSPS) is 14.2. The van der Waals surface area contributed by atoms with Crippen LogP contribution in [0, 0.1) is 0 Å². The van der Waals surface area contributed by atoms with Gasteiger partial charge < -0.3 is 53.1 Å². The largest absolute Gasteiger partial charge is 0.679 e. The summed E-state index contributed by atoms with van der Waals surface area (Å²) in [6, 6.07) is 0. The molecule has 0 saturated carbocycles. The SMILES string of the molecule is CCO[Si](OCC)C(CCSSCCC(O[Si](OCC)(OCC)OCC)[Si](OCC)OCC)O[Si](OCC)(OCC)OCC. The third-order valence-electron chi connectivity index (χ3n) is 5.18. The molecule has 0 fully saturated rings. The van der Waals surface area contributed by atoms with E-state index in [1.54, 1.807) is 21.6 Å². The Bertz CT molecular complexity index is 556. The summed E-state index contributed by atoms with van der Waals surface area (Å²) in [6.45, 7) is 24.0. The Morgan fingerprint density at radius 2 is 0.659 bits per heavy atom. The predicted octanol–water partition coefficient (Wildman–Crippen LogP) is 5.21. The van der Waals surface area contributed by atoms with Gasteiger partial charge in [0.25, 0.3) is 0 Å². The highest BCUT2D eigenvalue weighted by molar-refractivity contribution is 8.76. The van der Waals surface area contributed by atoms with E-state index in [0.717, 1.165) is 11.5 Å². The molecule has 0 spiro atoms. The van der Waals surface area contributed by atoms with Gasteiger partial charge in [-0.05, 0) is 82.1 Å². The fraction of sp³-hybridized carbons (Fsp3) is 1.00. The number of hydrogen-bond donors (Lipinski definition) is 0. The van der Waals surface area contributed by atoms with Crippen LogP contribution in [0.25, 0.3) is 0 Å². The molecule has 0 aliphatic heterocycles. The summed E-state index contributed by atoms with van der Waals surface area (Å²) in [6.07, 6.45) is 1.38. The number of rotatable bonds is 33. The molecule has 44 heavy (non-hydrogen) atoms. The molecule has 0 bridgehead atoms. The van der Waals surface area contributed by atoms with Gasteiger partial charge >= 0.3 is 36.7 Å². The molecule has 0 N–H and O–H groups in total. The van der Waals surface area contributed by atoms with Gasteiger partial charge in [-0.25, -0.2) is 0 Å². The van der Waals surface area contributed by atoms with Crippen LogP contribution in [-0.2, 0) is 53.1 Å². The molecule has 0 amide bonds. The molecule has 0 aliphatic carbocycles. The highest BCUT2D eigenvalue weighted by atomic mass is 33.1. The molecule has 2 radical (unpaired) electrons. The van der Waals surface area contributed by atoms with E-state index >= 15 is 0 Å². The van der Waals surface area contributed by atoms with Crippen LogP contribution in [-0.4, -0.2) is 126 Å². The van der Waals surface area contributed by atoms with E-state index in [-0.39, 0.29) is 11.5 Å². The highest BCUT2D eigenvalue weighted by Gasteiger charge is 2.51. The lowest BCUT2D eigenvalue weighted by molar-refractivity contribution is -0.0442. The smallest absolute Gasteiger partial charge is 0.392 e. The Balaban J connectivity index is 5.58. The van der Waals surface area contributed by atoms with Crippen LogP contribution in [0.3, 0.4) is 0 Å². The van der Waals surface area contributed by atoms with E-state index in [2.05, 4.69) is 0 Å². The molecule has 0 aromatic heterocycles. The van der Waals surface area contributed by atoms with Crippen LogP contribution in [0.15, 0.2) is 0 Å². The lowest BCUT2D eigenvalue weighted by atomic mass is 10.5. The van der Waals surface area contributed by atoms with Crippen molar-refractivity contribution in [1.29, 1.82) is 0 Å². The van der Waals surface area contributed by atoms with Gasteiger partial charge in [0.05, 0.1) is 11.5 Å². The molecule has 0 heterocycles. The molecule has 2 atom stereocenters. The number of hydrogen-bond acceptors (Lipinski definition) is 14. The van der Waals surface area contributed by atoms with Crippen molar-refractivity contribution in [3.8, 4) is 0 Å². The minimum atomic E-state index is -3.37. The fourth-order valence-corrected chi connectivity index (χ4v) is 14.7. The monoisotopic (exact) mass is 740 g/mol. The molecule has 2 unspecified atom stereocenters. The Morgan fingerprint density at radius 1 is 0.409 bits per heavy atom. The predicted molar refractivity (Wildman–Crippen MR) is 183 cm³/mol. The summed E-state index contributed by atoms with van der Waals surface area (Å²) < 4.78 is 73.1. The second-order valence-electron chi connectivity index (χ2n) is 8.40. The molecule has 18 heteroatoms. The van der Waals surface area contributed by atoms with Crippen molar-refractivity contribution in [3.63, 3.8) is 0 Å². The van der Waals surface area contributed by atoms with Crippen molar-refractivity contribution in [2.75, 3.05) is 77.6 Å². The van der Waals surface area contributed by atoms with Crippen molar-refractivity contribution < 1.29 is 53.1 Å². The Morgan fingerprint density at radius 3 is 0.864 bits per heavy atom. The van der Waals surface area contributed by atoms with Crippen LogP contribution in [0.1, 0.15) is 82.1 Å². The van der Waals surface area contributed by atoms with E-state index in [0.29, 0.717) is 78.9 Å². The third kappa shape index (κ3) is 18.6. The minimum absolute atomic E-state index is 0.332. The standard InChI is InChI=1S/C26H60O12S2Si4/c1-11-27-41(28-12-2)25(37-43(31-15-5,32-16-6)33-17-7)21-23-39-40-24-22-26(42(29-13-3)30-14-4)38-44(34-18-8,35-19-9)36-20-10/h25-26H,11-24H2,1-10H3. The first kappa shape index (κ1) is 45.1. The Hall–Kier alpha value is 1.09. The van der Waals surface area contributed by atoms with Crippen LogP contribution in [0.5, 0.6) is 0 Å². The van der Waals surface area contributed by atoms with Crippen molar-refractivity contribution in [3.05, 3.63) is 0 Å². The average molecular weight is 741 g/mol. The van der Waals surface area contributed by atoms with Crippen molar-refractivity contribution >= 4 is 58.3 Å². The van der Waals surface area contributed by atoms with E-state index in [1.165, 1.54) is 0 Å². The zero-order valence-corrected chi connectivity index (χ0v) is 34.4. The molecule has 0 aromatic carbocycles. The minimum Gasteiger partial charge on any atom is -0.392 e. The van der Waals surface area contributed by atoms with Crippen LogP contribution in [0.4, 0.5) is 0 Å². The average Bonchev–Trinajstić information content (AvgIpc) is 2.98. The molecule has 12 nitrogen and oxygen atoms in total. The van der Waals surface area contributed by atoms with Crippen molar-refractivity contribution in [1.82, 2.24) is 0 Å². The van der Waals surface area contributed by atoms with Crippen LogP contribution in [0.2, 0.25) is 0 Å². The lowest BCUT2D eigenvalue weighted by Crippen LogP contribution is -2.55. The molecule has 0 aromatic rings. The maximum Gasteiger partial charge on any atom is 0.679 e. The lowest BCUT2D eigenvalue weighted by Gasteiger charge is -2.33. The molecule has 0 rings (SSSR count). The van der Waals surface area contributed by atoms with Crippen molar-refractivity contribution in [2.24, 2.45) is 0 Å². The maximum absolute atomic E-state index is 6.54. The molecule has 0 aliphatic rings. The van der Waals surface area contributed by atoms with Gasteiger partial charge in [-0.3, -0.25) is 0 Å². The highest BCUT2D eigenvalue weighted by Crippen LogP contribution is 2.28. The molecular weight excluding hydrogens is 681 g/mol. The van der Waals surface area contributed by atoms with Gasteiger partial charge in [0.1, 0.15) is 0 Å². The van der Waals surface area contributed by atoms with Gasteiger partial charge in [-0.1, -0.05) is 21.6 Å². The van der Waals surface area contributed by atoms with Gasteiger partial charge in [0.15, 0.2) is 0 Å². The summed E-state index contributed by atoms with van der Waals surface area (Å²) in [5.41, 5.74) is -0.664. The second-order valence-corrected chi connectivity index (χ2v) is 19.0. The summed E-state index contributed by atoms with van der Waals surface area (Å²) in [4.78, 5) is 0. The molecule has 264 valence electrons. The topological polar surface area (TPSA) is 111 Å². The first-order chi connectivity index (χ1) is 21.3. The first-order valence-electron chi connectivity index (χ1n) is 16.0. The van der Waals surface area contributed by atoms with Crippen LogP contribution < -0.4 is 0 Å². The first-order valence-corrected chi connectivity index (χ1v) is 24.6. The summed E-state index contributed by atoms with van der Waals surface area (Å²) >= 11 is 0. The van der Waals surface area contributed by atoms with E-state index in [4.69, 9.17) is 53.1 Å².